The Kier molecular flexibility index (Phi) is 8.31. The van der Waals surface area contributed by atoms with E-state index in [1.807, 2.05) is 0 Å². The lowest BCUT2D eigenvalue weighted by Gasteiger charge is -2.26. The molecule has 2 rings (SSSR count). The van der Waals surface area contributed by atoms with Gasteiger partial charge in [0.05, 0.1) is 33.5 Å². The summed E-state index contributed by atoms with van der Waals surface area (Å²) in [5.41, 5.74) is 0.542. The Morgan fingerprint density at radius 1 is 1.15 bits per heavy atom. The summed E-state index contributed by atoms with van der Waals surface area (Å²) in [5, 5.41) is 15.2. The molecule has 1 saturated heterocycles. The summed E-state index contributed by atoms with van der Waals surface area (Å²) in [5.74, 6) is -0.488. The summed E-state index contributed by atoms with van der Waals surface area (Å²) in [7, 11) is 3.02. The van der Waals surface area contributed by atoms with Crippen molar-refractivity contribution in [1.29, 1.82) is 0 Å². The molecule has 3 N–H and O–H groups in total. The van der Waals surface area contributed by atoms with Gasteiger partial charge in [-0.05, 0) is 17.7 Å². The molecule has 1 unspecified atom stereocenters. The maximum absolute atomic E-state index is 11.9. The number of rotatable bonds is 8. The van der Waals surface area contributed by atoms with Crippen molar-refractivity contribution in [2.45, 2.75) is 6.10 Å². The fourth-order valence-corrected chi connectivity index (χ4v) is 2.68. The van der Waals surface area contributed by atoms with E-state index in [-0.39, 0.29) is 6.54 Å². The number of hydrogen-bond donors (Lipinski definition) is 3. The molecule has 0 saturated carbocycles. The number of carbonyl (C=O) groups is 2. The fourth-order valence-electron chi connectivity index (χ4n) is 2.68. The third-order valence-electron chi connectivity index (χ3n) is 4.27. The van der Waals surface area contributed by atoms with Gasteiger partial charge in [-0.1, -0.05) is 6.07 Å². The molecular weight excluding hydrogens is 354 g/mol. The highest BCUT2D eigenvalue weighted by Gasteiger charge is 2.17. The van der Waals surface area contributed by atoms with Crippen LogP contribution in [0.4, 0.5) is 0 Å². The monoisotopic (exact) mass is 381 g/mol. The minimum atomic E-state index is -0.977. The molecule has 9 nitrogen and oxygen atoms in total. The second-order valence-corrected chi connectivity index (χ2v) is 6.05. The van der Waals surface area contributed by atoms with Crippen LogP contribution in [0.15, 0.2) is 18.2 Å². The van der Waals surface area contributed by atoms with Crippen LogP contribution in [0.3, 0.4) is 0 Å². The summed E-state index contributed by atoms with van der Waals surface area (Å²) >= 11 is 0. The molecule has 1 fully saturated rings. The first kappa shape index (κ1) is 20.9. The fraction of sp³-hybridized carbons (Fsp3) is 0.556. The Labute approximate surface area is 158 Å². The van der Waals surface area contributed by atoms with E-state index in [1.54, 1.807) is 18.2 Å². The van der Waals surface area contributed by atoms with Crippen LogP contribution in [0.1, 0.15) is 11.7 Å². The van der Waals surface area contributed by atoms with Crippen molar-refractivity contribution in [3.8, 4) is 11.5 Å². The second-order valence-electron chi connectivity index (χ2n) is 6.05. The molecule has 1 heterocycles. The van der Waals surface area contributed by atoms with Crippen LogP contribution < -0.4 is 20.1 Å². The summed E-state index contributed by atoms with van der Waals surface area (Å²) in [4.78, 5) is 25.9. The minimum absolute atomic E-state index is 0.0921. The van der Waals surface area contributed by atoms with Crippen LogP contribution in [0.25, 0.3) is 0 Å². The van der Waals surface area contributed by atoms with Crippen molar-refractivity contribution in [2.75, 3.05) is 60.2 Å². The number of benzene rings is 1. The average molecular weight is 381 g/mol. The molecule has 0 bridgehead atoms. The molecule has 1 aliphatic heterocycles. The van der Waals surface area contributed by atoms with E-state index in [4.69, 9.17) is 14.2 Å². The van der Waals surface area contributed by atoms with Crippen molar-refractivity contribution in [3.05, 3.63) is 23.8 Å². The zero-order chi connectivity index (χ0) is 19.6. The summed E-state index contributed by atoms with van der Waals surface area (Å²) in [6, 6.07) is 4.95. The quantitative estimate of drug-likeness (QED) is 0.511. The smallest absolute Gasteiger partial charge is 0.309 e. The summed E-state index contributed by atoms with van der Waals surface area (Å²) < 4.78 is 15.6. The zero-order valence-corrected chi connectivity index (χ0v) is 15.7. The average Bonchev–Trinajstić information content (AvgIpc) is 2.71. The lowest BCUT2D eigenvalue weighted by molar-refractivity contribution is -0.139. The van der Waals surface area contributed by atoms with Gasteiger partial charge in [0.25, 0.3) is 0 Å². The van der Waals surface area contributed by atoms with E-state index < -0.39 is 17.9 Å². The topological polar surface area (TPSA) is 109 Å². The van der Waals surface area contributed by atoms with Crippen molar-refractivity contribution < 1.29 is 28.9 Å². The molecule has 150 valence electrons. The van der Waals surface area contributed by atoms with Gasteiger partial charge in [0.2, 0.25) is 0 Å². The third kappa shape index (κ3) is 6.38. The number of morpholine rings is 1. The molecule has 0 aromatic heterocycles. The normalized spacial score (nSPS) is 15.7. The van der Waals surface area contributed by atoms with Crippen LogP contribution in [-0.2, 0) is 14.3 Å². The highest BCUT2D eigenvalue weighted by atomic mass is 16.5. The molecule has 27 heavy (non-hydrogen) atoms. The number of amides is 2. The number of aliphatic hydroxyl groups excluding tert-OH is 1. The Morgan fingerprint density at radius 2 is 1.81 bits per heavy atom. The van der Waals surface area contributed by atoms with E-state index in [1.165, 1.54) is 14.2 Å². The van der Waals surface area contributed by atoms with E-state index in [0.717, 1.165) is 13.1 Å². The van der Waals surface area contributed by atoms with Crippen molar-refractivity contribution in [3.63, 3.8) is 0 Å². The molecule has 1 aromatic rings. The largest absolute Gasteiger partial charge is 0.493 e. The highest BCUT2D eigenvalue weighted by molar-refractivity contribution is 6.35. The standard InChI is InChI=1S/C18H27N3O6/c1-25-15-4-3-13(11-16(15)26-2)14(22)12-20-18(24)17(23)19-5-6-21-7-9-27-10-8-21/h3-4,11,14,22H,5-10,12H2,1-2H3,(H,19,23)(H,20,24). The predicted octanol–water partition coefficient (Wildman–Crippen LogP) is -0.698. The SMILES string of the molecule is COc1ccc(C(O)CNC(=O)C(=O)NCCN2CCOCC2)cc1OC. The van der Waals surface area contributed by atoms with Crippen LogP contribution >= 0.6 is 0 Å². The number of ether oxygens (including phenoxy) is 3. The van der Waals surface area contributed by atoms with Gasteiger partial charge in [0, 0.05) is 32.7 Å². The van der Waals surface area contributed by atoms with E-state index in [9.17, 15) is 14.7 Å². The number of nitrogens with one attached hydrogen (secondary N) is 2. The maximum atomic E-state index is 11.9. The Balaban J connectivity index is 1.74. The first-order valence-corrected chi connectivity index (χ1v) is 8.81. The molecule has 1 aromatic carbocycles. The van der Waals surface area contributed by atoms with Gasteiger partial charge < -0.3 is 30.0 Å². The Hall–Kier alpha value is -2.36. The molecule has 9 heteroatoms. The van der Waals surface area contributed by atoms with Crippen molar-refractivity contribution in [2.24, 2.45) is 0 Å². The maximum Gasteiger partial charge on any atom is 0.309 e. The van der Waals surface area contributed by atoms with Gasteiger partial charge >= 0.3 is 11.8 Å². The van der Waals surface area contributed by atoms with Gasteiger partial charge in [0.15, 0.2) is 11.5 Å². The lowest BCUT2D eigenvalue weighted by atomic mass is 10.1. The lowest BCUT2D eigenvalue weighted by Crippen LogP contribution is -2.45. The first-order valence-electron chi connectivity index (χ1n) is 8.81. The molecular formula is C18H27N3O6. The van der Waals surface area contributed by atoms with Crippen molar-refractivity contribution >= 4 is 11.8 Å². The molecule has 0 radical (unpaired) electrons. The Bertz CT molecular complexity index is 634. The van der Waals surface area contributed by atoms with Gasteiger partial charge in [-0.3, -0.25) is 14.5 Å². The van der Waals surface area contributed by atoms with Crippen LogP contribution in [0.2, 0.25) is 0 Å². The van der Waals surface area contributed by atoms with Gasteiger partial charge in [0.1, 0.15) is 0 Å². The molecule has 1 atom stereocenters. The minimum Gasteiger partial charge on any atom is -0.493 e. The van der Waals surface area contributed by atoms with E-state index in [0.29, 0.717) is 43.4 Å². The number of hydrogen-bond acceptors (Lipinski definition) is 7. The predicted molar refractivity (Wildman–Crippen MR) is 97.8 cm³/mol. The molecule has 0 spiro atoms. The third-order valence-corrected chi connectivity index (χ3v) is 4.27. The summed E-state index contributed by atoms with van der Waals surface area (Å²) in [6.07, 6.45) is -0.977. The van der Waals surface area contributed by atoms with Crippen LogP contribution in [0, 0.1) is 0 Å². The van der Waals surface area contributed by atoms with E-state index in [2.05, 4.69) is 15.5 Å². The van der Waals surface area contributed by atoms with Crippen LogP contribution in [-0.4, -0.2) is 82.0 Å². The van der Waals surface area contributed by atoms with E-state index >= 15 is 0 Å². The number of carbonyl (C=O) groups excluding carboxylic acids is 2. The van der Waals surface area contributed by atoms with Crippen molar-refractivity contribution in [1.82, 2.24) is 15.5 Å². The highest BCUT2D eigenvalue weighted by Crippen LogP contribution is 2.29. The second kappa shape index (κ2) is 10.7. The Morgan fingerprint density at radius 3 is 2.48 bits per heavy atom. The van der Waals surface area contributed by atoms with Crippen LogP contribution in [0.5, 0.6) is 11.5 Å². The van der Waals surface area contributed by atoms with Gasteiger partial charge in [-0.15, -0.1) is 0 Å². The first-order chi connectivity index (χ1) is 13.0. The molecule has 0 aliphatic carbocycles. The molecule has 2 amide bonds. The number of nitrogens with zero attached hydrogens (tertiary/aromatic N) is 1. The summed E-state index contributed by atoms with van der Waals surface area (Å²) in [6.45, 7) is 3.95. The van der Waals surface area contributed by atoms with Gasteiger partial charge in [-0.2, -0.15) is 0 Å². The van der Waals surface area contributed by atoms with Gasteiger partial charge in [-0.25, -0.2) is 0 Å². The molecule has 1 aliphatic rings. The zero-order valence-electron chi connectivity index (χ0n) is 15.7. The number of methoxy groups -OCH3 is 2. The number of aliphatic hydroxyl groups is 1.